The molecule has 3 N–H and O–H groups in total. The van der Waals surface area contributed by atoms with Crippen LogP contribution in [0.2, 0.25) is 5.02 Å². The predicted octanol–water partition coefficient (Wildman–Crippen LogP) is 1.10. The Morgan fingerprint density at radius 3 is 2.95 bits per heavy atom. The van der Waals surface area contributed by atoms with E-state index < -0.39 is 5.91 Å². The molecule has 21 heavy (non-hydrogen) atoms. The van der Waals surface area contributed by atoms with Gasteiger partial charge < -0.3 is 20.7 Å². The Kier molecular flexibility index (Phi) is 5.03. The van der Waals surface area contributed by atoms with Gasteiger partial charge >= 0.3 is 0 Å². The third kappa shape index (κ3) is 4.09. The second-order valence-corrected chi connectivity index (χ2v) is 5.37. The van der Waals surface area contributed by atoms with Gasteiger partial charge in [-0.2, -0.15) is 0 Å². The number of amides is 2. The van der Waals surface area contributed by atoms with Crippen molar-refractivity contribution in [1.82, 2.24) is 4.90 Å². The lowest BCUT2D eigenvalue weighted by Crippen LogP contribution is -2.46. The number of hydrogen-bond acceptors (Lipinski definition) is 4. The van der Waals surface area contributed by atoms with Crippen LogP contribution in [0.3, 0.4) is 0 Å². The molecule has 0 aromatic heterocycles. The van der Waals surface area contributed by atoms with Crippen LogP contribution in [0.4, 0.5) is 5.69 Å². The van der Waals surface area contributed by atoms with E-state index in [0.717, 1.165) is 0 Å². The fraction of sp³-hybridized carbons (Fsp3) is 0.429. The molecule has 1 saturated heterocycles. The average molecular weight is 312 g/mol. The highest BCUT2D eigenvalue weighted by Gasteiger charge is 2.21. The maximum Gasteiger partial charge on any atom is 0.250 e. The fourth-order valence-electron chi connectivity index (χ4n) is 2.21. The van der Waals surface area contributed by atoms with Gasteiger partial charge in [-0.05, 0) is 25.1 Å². The number of benzene rings is 1. The van der Waals surface area contributed by atoms with Crippen LogP contribution in [0, 0.1) is 0 Å². The SMILES string of the molecule is C[C@@H]1CN(C(=O)CNc2cc(Cl)ccc2C(N)=O)CCO1. The van der Waals surface area contributed by atoms with Gasteiger partial charge in [0.1, 0.15) is 0 Å². The summed E-state index contributed by atoms with van der Waals surface area (Å²) in [6.45, 7) is 3.68. The summed E-state index contributed by atoms with van der Waals surface area (Å²) in [6, 6.07) is 4.70. The molecule has 1 aromatic rings. The van der Waals surface area contributed by atoms with Crippen molar-refractivity contribution in [2.75, 3.05) is 31.6 Å². The smallest absolute Gasteiger partial charge is 0.250 e. The number of halogens is 1. The van der Waals surface area contributed by atoms with Crippen molar-refractivity contribution in [2.24, 2.45) is 5.73 Å². The van der Waals surface area contributed by atoms with Crippen molar-refractivity contribution in [3.05, 3.63) is 28.8 Å². The van der Waals surface area contributed by atoms with E-state index in [1.807, 2.05) is 6.92 Å². The summed E-state index contributed by atoms with van der Waals surface area (Å²) in [4.78, 5) is 25.2. The van der Waals surface area contributed by atoms with E-state index in [1.165, 1.54) is 6.07 Å². The molecule has 1 fully saturated rings. The van der Waals surface area contributed by atoms with E-state index in [0.29, 0.717) is 36.0 Å². The number of rotatable bonds is 4. The van der Waals surface area contributed by atoms with E-state index >= 15 is 0 Å². The van der Waals surface area contributed by atoms with Crippen molar-refractivity contribution in [3.63, 3.8) is 0 Å². The highest BCUT2D eigenvalue weighted by molar-refractivity contribution is 6.31. The first-order valence-corrected chi connectivity index (χ1v) is 7.08. The van der Waals surface area contributed by atoms with Crippen molar-refractivity contribution in [1.29, 1.82) is 0 Å². The molecule has 114 valence electrons. The molecular weight excluding hydrogens is 294 g/mol. The second kappa shape index (κ2) is 6.78. The van der Waals surface area contributed by atoms with Crippen LogP contribution >= 0.6 is 11.6 Å². The number of nitrogens with two attached hydrogens (primary N) is 1. The highest BCUT2D eigenvalue weighted by atomic mass is 35.5. The zero-order valence-corrected chi connectivity index (χ0v) is 12.5. The van der Waals surface area contributed by atoms with E-state index in [4.69, 9.17) is 22.1 Å². The summed E-state index contributed by atoms with van der Waals surface area (Å²) in [5.41, 5.74) is 6.07. The number of hydrogen-bond donors (Lipinski definition) is 2. The number of nitrogens with one attached hydrogen (secondary N) is 1. The van der Waals surface area contributed by atoms with Crippen LogP contribution in [0.25, 0.3) is 0 Å². The standard InChI is InChI=1S/C14H18ClN3O3/c1-9-8-18(4-5-21-9)13(19)7-17-12-6-10(15)2-3-11(12)14(16)20/h2-3,6,9,17H,4-5,7-8H2,1H3,(H2,16,20)/t9-/m1/s1. The van der Waals surface area contributed by atoms with Crippen LogP contribution in [-0.4, -0.2) is 49.1 Å². The van der Waals surface area contributed by atoms with E-state index in [9.17, 15) is 9.59 Å². The van der Waals surface area contributed by atoms with Gasteiger partial charge in [-0.1, -0.05) is 11.6 Å². The van der Waals surface area contributed by atoms with Crippen molar-refractivity contribution < 1.29 is 14.3 Å². The Balaban J connectivity index is 2.00. The van der Waals surface area contributed by atoms with Gasteiger partial charge in [-0.25, -0.2) is 0 Å². The second-order valence-electron chi connectivity index (χ2n) is 4.93. The number of anilines is 1. The summed E-state index contributed by atoms with van der Waals surface area (Å²) >= 11 is 5.90. The third-order valence-corrected chi connectivity index (χ3v) is 3.51. The molecule has 0 aliphatic carbocycles. The Morgan fingerprint density at radius 2 is 2.29 bits per heavy atom. The first-order valence-electron chi connectivity index (χ1n) is 6.70. The van der Waals surface area contributed by atoms with Crippen LogP contribution in [-0.2, 0) is 9.53 Å². The molecule has 6 nitrogen and oxygen atoms in total. The molecule has 1 aliphatic heterocycles. The summed E-state index contributed by atoms with van der Waals surface area (Å²) in [5, 5.41) is 3.40. The number of nitrogens with zero attached hydrogens (tertiary/aromatic N) is 1. The molecule has 1 heterocycles. The van der Waals surface area contributed by atoms with Gasteiger partial charge in [0, 0.05) is 23.8 Å². The van der Waals surface area contributed by atoms with Gasteiger partial charge in [0.2, 0.25) is 5.91 Å². The summed E-state index contributed by atoms with van der Waals surface area (Å²) in [5.74, 6) is -0.623. The van der Waals surface area contributed by atoms with Gasteiger partial charge in [0.05, 0.1) is 24.8 Å². The molecular formula is C14H18ClN3O3. The van der Waals surface area contributed by atoms with Gasteiger partial charge in [0.25, 0.3) is 5.91 Å². The molecule has 0 unspecified atom stereocenters. The molecule has 0 spiro atoms. The number of ether oxygens (including phenoxy) is 1. The topological polar surface area (TPSA) is 84.7 Å². The number of morpholine rings is 1. The lowest BCUT2D eigenvalue weighted by Gasteiger charge is -2.31. The maximum atomic E-state index is 12.1. The molecule has 2 rings (SSSR count). The average Bonchev–Trinajstić information content (AvgIpc) is 2.44. The lowest BCUT2D eigenvalue weighted by molar-refractivity contribution is -0.136. The molecule has 2 amide bonds. The molecule has 1 aromatic carbocycles. The van der Waals surface area contributed by atoms with Gasteiger partial charge in [-0.3, -0.25) is 9.59 Å². The van der Waals surface area contributed by atoms with Crippen LogP contribution in [0.5, 0.6) is 0 Å². The molecule has 0 saturated carbocycles. The zero-order chi connectivity index (χ0) is 15.4. The first-order chi connectivity index (χ1) is 9.97. The van der Waals surface area contributed by atoms with Gasteiger partial charge in [-0.15, -0.1) is 0 Å². The normalized spacial score (nSPS) is 18.4. The molecule has 7 heteroatoms. The van der Waals surface area contributed by atoms with Crippen LogP contribution in [0.1, 0.15) is 17.3 Å². The summed E-state index contributed by atoms with van der Waals surface area (Å²) < 4.78 is 5.39. The molecule has 0 radical (unpaired) electrons. The Morgan fingerprint density at radius 1 is 1.52 bits per heavy atom. The number of carbonyl (C=O) groups excluding carboxylic acids is 2. The zero-order valence-electron chi connectivity index (χ0n) is 11.8. The Bertz CT molecular complexity index is 550. The van der Waals surface area contributed by atoms with Crippen LogP contribution in [0.15, 0.2) is 18.2 Å². The quantitative estimate of drug-likeness (QED) is 0.872. The number of primary amides is 1. The van der Waals surface area contributed by atoms with E-state index in [-0.39, 0.29) is 18.6 Å². The molecule has 1 aliphatic rings. The minimum Gasteiger partial charge on any atom is -0.375 e. The predicted molar refractivity (Wildman–Crippen MR) is 80.5 cm³/mol. The summed E-state index contributed by atoms with van der Waals surface area (Å²) in [6.07, 6.45) is 0.0371. The monoisotopic (exact) mass is 311 g/mol. The Hall–Kier alpha value is -1.79. The van der Waals surface area contributed by atoms with E-state index in [1.54, 1.807) is 17.0 Å². The summed E-state index contributed by atoms with van der Waals surface area (Å²) in [7, 11) is 0. The molecule has 1 atom stereocenters. The van der Waals surface area contributed by atoms with Crippen molar-refractivity contribution >= 4 is 29.1 Å². The Labute approximate surface area is 128 Å². The van der Waals surface area contributed by atoms with Crippen LogP contribution < -0.4 is 11.1 Å². The largest absolute Gasteiger partial charge is 0.375 e. The van der Waals surface area contributed by atoms with Crippen molar-refractivity contribution in [3.8, 4) is 0 Å². The van der Waals surface area contributed by atoms with Crippen molar-refractivity contribution in [2.45, 2.75) is 13.0 Å². The van der Waals surface area contributed by atoms with Gasteiger partial charge in [0.15, 0.2) is 0 Å². The minimum atomic E-state index is -0.568. The third-order valence-electron chi connectivity index (χ3n) is 3.27. The maximum absolute atomic E-state index is 12.1. The first kappa shape index (κ1) is 15.6. The fourth-order valence-corrected chi connectivity index (χ4v) is 2.38. The highest BCUT2D eigenvalue weighted by Crippen LogP contribution is 2.20. The van der Waals surface area contributed by atoms with E-state index in [2.05, 4.69) is 5.32 Å². The minimum absolute atomic E-state index is 0.0371. The molecule has 0 bridgehead atoms. The number of carbonyl (C=O) groups is 2. The lowest BCUT2D eigenvalue weighted by atomic mass is 10.1.